The molecule has 4 aromatic carbocycles. The number of aromatic nitrogens is 4. The molecule has 0 bridgehead atoms. The van der Waals surface area contributed by atoms with Gasteiger partial charge in [-0.3, -0.25) is 24.7 Å². The van der Waals surface area contributed by atoms with E-state index in [9.17, 15) is 10.2 Å². The molecule has 8 rings (SSSR count). The van der Waals surface area contributed by atoms with Crippen LogP contribution in [0.3, 0.4) is 0 Å². The molecule has 0 unspecified atom stereocenters. The van der Waals surface area contributed by atoms with Crippen LogP contribution in [-0.4, -0.2) is 19.1 Å². The Morgan fingerprint density at radius 2 is 1.33 bits per heavy atom. The van der Waals surface area contributed by atoms with Crippen molar-refractivity contribution in [1.29, 1.82) is 10.8 Å². The number of para-hydroxylation sites is 3. The zero-order valence-corrected chi connectivity index (χ0v) is 25.0. The maximum Gasteiger partial charge on any atom is 0.284 e. The van der Waals surface area contributed by atoms with E-state index in [1.807, 2.05) is 132 Å². The molecular formula is C37H24N6O2S. The zero-order valence-electron chi connectivity index (χ0n) is 24.2. The lowest BCUT2D eigenvalue weighted by Crippen LogP contribution is -2.28. The van der Waals surface area contributed by atoms with E-state index < -0.39 is 5.56 Å². The third kappa shape index (κ3) is 4.33. The number of pyridine rings is 2. The fraction of sp³-hybridized carbons (Fsp3) is 0. The number of hydrogen-bond acceptors (Lipinski definition) is 6. The number of H-pyrrole nitrogens is 1. The van der Waals surface area contributed by atoms with E-state index in [1.165, 1.54) is 4.57 Å². The number of nitrogens with zero attached hydrogens (tertiary/aromatic N) is 3. The van der Waals surface area contributed by atoms with Gasteiger partial charge in [0.2, 0.25) is 5.55 Å². The molecule has 4 heterocycles. The monoisotopic (exact) mass is 616 g/mol. The first-order valence-electron chi connectivity index (χ1n) is 14.6. The first-order valence-corrected chi connectivity index (χ1v) is 15.0. The predicted molar refractivity (Wildman–Crippen MR) is 181 cm³/mol. The summed E-state index contributed by atoms with van der Waals surface area (Å²) in [5.74, 6) is 0.357. The van der Waals surface area contributed by atoms with Crippen molar-refractivity contribution < 1.29 is 4.42 Å². The minimum atomic E-state index is -0.571. The van der Waals surface area contributed by atoms with Crippen molar-refractivity contribution >= 4 is 34.1 Å². The molecule has 220 valence electrons. The standard InChI is InChI=1S/C37H24N6O2S/c38-33-31-32(40-37(46)43(33)25-17-8-3-9-18-25)30-26(22-12-4-1-5-13-22)21-28(27-20-23-14-10-11-19-29(23)45-34(27)39)42(35(30)41-36(31)44)24-15-6-2-7-16-24/h1-21,38-39H,(H,40,46). The van der Waals surface area contributed by atoms with E-state index in [1.54, 1.807) is 0 Å². The van der Waals surface area contributed by atoms with Crippen LogP contribution in [0.2, 0.25) is 0 Å². The summed E-state index contributed by atoms with van der Waals surface area (Å²) in [7, 11) is 0. The molecule has 3 N–H and O–H groups in total. The van der Waals surface area contributed by atoms with Crippen molar-refractivity contribution in [3.8, 4) is 45.1 Å². The second-order valence-electron chi connectivity index (χ2n) is 10.8. The maximum atomic E-state index is 14.1. The molecule has 0 aliphatic carbocycles. The molecule has 0 radical (unpaired) electrons. The van der Waals surface area contributed by atoms with E-state index in [4.69, 9.17) is 27.0 Å². The van der Waals surface area contributed by atoms with Gasteiger partial charge in [-0.25, -0.2) is 0 Å². The predicted octanol–water partition coefficient (Wildman–Crippen LogP) is 7.38. The van der Waals surface area contributed by atoms with E-state index in [0.717, 1.165) is 22.2 Å². The Morgan fingerprint density at radius 3 is 2.02 bits per heavy atom. The Morgan fingerprint density at radius 1 is 0.717 bits per heavy atom. The summed E-state index contributed by atoms with van der Waals surface area (Å²) >= 11 is 5.83. The van der Waals surface area contributed by atoms with Crippen molar-refractivity contribution in [3.05, 3.63) is 154 Å². The average molecular weight is 617 g/mol. The smallest absolute Gasteiger partial charge is 0.284 e. The minimum absolute atomic E-state index is 0.0263. The molecule has 6 aromatic rings. The van der Waals surface area contributed by atoms with Crippen LogP contribution in [0.5, 0.6) is 0 Å². The van der Waals surface area contributed by atoms with Crippen LogP contribution < -0.4 is 16.6 Å². The van der Waals surface area contributed by atoms with Crippen molar-refractivity contribution in [2.45, 2.75) is 0 Å². The Kier molecular flexibility index (Phi) is 6.40. The number of fused-ring (bicyclic) bond motifs is 4. The number of benzene rings is 4. The Hall–Kier alpha value is -6.19. The number of hydrogen-bond donors (Lipinski definition) is 3. The highest BCUT2D eigenvalue weighted by Gasteiger charge is 2.27. The molecule has 0 saturated heterocycles. The van der Waals surface area contributed by atoms with Crippen LogP contribution >= 0.6 is 12.2 Å². The zero-order chi connectivity index (χ0) is 31.4. The molecule has 0 spiro atoms. The summed E-state index contributed by atoms with van der Waals surface area (Å²) in [6.45, 7) is 0. The lowest BCUT2D eigenvalue weighted by molar-refractivity contribution is 0.535. The molecule has 8 nitrogen and oxygen atoms in total. The van der Waals surface area contributed by atoms with Gasteiger partial charge in [0.25, 0.3) is 5.56 Å². The highest BCUT2D eigenvalue weighted by atomic mass is 32.1. The quantitative estimate of drug-likeness (QED) is 0.141. The largest absolute Gasteiger partial charge is 0.438 e. The third-order valence-corrected chi connectivity index (χ3v) is 8.39. The van der Waals surface area contributed by atoms with Crippen molar-refractivity contribution in [3.63, 3.8) is 0 Å². The minimum Gasteiger partial charge on any atom is -0.438 e. The van der Waals surface area contributed by atoms with Gasteiger partial charge in [0.05, 0.1) is 22.3 Å². The van der Waals surface area contributed by atoms with Gasteiger partial charge < -0.3 is 9.40 Å². The van der Waals surface area contributed by atoms with Gasteiger partial charge in [-0.2, -0.15) is 4.98 Å². The van der Waals surface area contributed by atoms with E-state index in [2.05, 4.69) is 4.98 Å². The molecule has 0 fully saturated rings. The first-order chi connectivity index (χ1) is 22.5. The summed E-state index contributed by atoms with van der Waals surface area (Å²) in [4.78, 5) is 22.1. The van der Waals surface area contributed by atoms with Crippen LogP contribution in [0.4, 0.5) is 0 Å². The summed E-state index contributed by atoms with van der Waals surface area (Å²) in [5.41, 5.74) is 5.15. The van der Waals surface area contributed by atoms with Gasteiger partial charge in [-0.15, -0.1) is 0 Å². The van der Waals surface area contributed by atoms with Gasteiger partial charge in [0.1, 0.15) is 16.5 Å². The van der Waals surface area contributed by atoms with Crippen LogP contribution in [0.15, 0.2) is 137 Å². The molecule has 9 heteroatoms. The number of nitrogens with one attached hydrogen (secondary N) is 3. The fourth-order valence-electron chi connectivity index (χ4n) is 6.05. The Labute approximate surface area is 266 Å². The Balaban J connectivity index is 1.59. The summed E-state index contributed by atoms with van der Waals surface area (Å²) in [5, 5.41) is 19.1. The first kappa shape index (κ1) is 27.4. The molecule has 0 atom stereocenters. The highest BCUT2D eigenvalue weighted by molar-refractivity contribution is 7.71. The fourth-order valence-corrected chi connectivity index (χ4v) is 6.35. The van der Waals surface area contributed by atoms with Gasteiger partial charge >= 0.3 is 0 Å². The maximum absolute atomic E-state index is 14.1. The van der Waals surface area contributed by atoms with Gasteiger partial charge in [-0.05, 0) is 65.8 Å². The molecule has 2 aromatic heterocycles. The summed E-state index contributed by atoms with van der Waals surface area (Å²) in [6.07, 6.45) is 0. The molecule has 2 aliphatic rings. The number of aromatic amines is 1. The van der Waals surface area contributed by atoms with Gasteiger partial charge in [0.15, 0.2) is 10.6 Å². The van der Waals surface area contributed by atoms with E-state index in [0.29, 0.717) is 39.4 Å². The number of rotatable bonds is 4. The molecule has 2 aliphatic heterocycles. The highest BCUT2D eigenvalue weighted by Crippen LogP contribution is 2.41. The van der Waals surface area contributed by atoms with Crippen molar-refractivity contribution in [1.82, 2.24) is 19.1 Å². The van der Waals surface area contributed by atoms with Gasteiger partial charge in [-0.1, -0.05) is 84.9 Å². The van der Waals surface area contributed by atoms with Crippen molar-refractivity contribution in [2.24, 2.45) is 0 Å². The second-order valence-corrected chi connectivity index (χ2v) is 11.2. The topological polar surface area (TPSA) is 116 Å². The van der Waals surface area contributed by atoms with Crippen LogP contribution in [-0.2, 0) is 0 Å². The molecular weight excluding hydrogens is 593 g/mol. The molecule has 0 saturated carbocycles. The SMILES string of the molecule is N=c1oc2ccccc2cc1-c1cc(-c2ccccc2)c2c3[nH]c(=S)n(-c4ccccc4)c(=N)c3c(=O)nc-2n1-c1ccccc1. The van der Waals surface area contributed by atoms with E-state index >= 15 is 0 Å². The van der Waals surface area contributed by atoms with Crippen LogP contribution in [0, 0.1) is 15.6 Å². The van der Waals surface area contributed by atoms with E-state index in [-0.39, 0.29) is 21.2 Å². The second kappa shape index (κ2) is 10.8. The summed E-state index contributed by atoms with van der Waals surface area (Å²) < 4.78 is 9.68. The average Bonchev–Trinajstić information content (AvgIpc) is 3.08. The van der Waals surface area contributed by atoms with Crippen molar-refractivity contribution in [2.75, 3.05) is 0 Å². The lowest BCUT2D eigenvalue weighted by Gasteiger charge is -2.24. The molecule has 0 amide bonds. The van der Waals surface area contributed by atoms with Crippen LogP contribution in [0.25, 0.3) is 67.0 Å². The summed E-state index contributed by atoms with van der Waals surface area (Å²) in [6, 6.07) is 40.1. The Bertz CT molecular complexity index is 2660. The lowest BCUT2D eigenvalue weighted by atomic mass is 9.94. The van der Waals surface area contributed by atoms with Crippen LogP contribution in [0.1, 0.15) is 0 Å². The molecule has 46 heavy (non-hydrogen) atoms. The normalized spacial score (nSPS) is 11.4. The third-order valence-electron chi connectivity index (χ3n) is 8.11. The van der Waals surface area contributed by atoms with Gasteiger partial charge in [0, 0.05) is 16.8 Å².